The van der Waals surface area contributed by atoms with Crippen molar-refractivity contribution in [2.75, 3.05) is 4.90 Å². The third-order valence-corrected chi connectivity index (χ3v) is 6.44. The molecule has 0 radical (unpaired) electrons. The lowest BCUT2D eigenvalue weighted by Crippen LogP contribution is -2.29. The molecule has 0 spiro atoms. The summed E-state index contributed by atoms with van der Waals surface area (Å²) in [7, 11) is 0. The zero-order chi connectivity index (χ0) is 22.2. The van der Waals surface area contributed by atoms with Gasteiger partial charge in [0, 0.05) is 34.5 Å². The fourth-order valence-electron chi connectivity index (χ4n) is 4.48. The fourth-order valence-corrected chi connectivity index (χ4v) is 4.95. The molecule has 5 nitrogen and oxygen atoms in total. The largest absolute Gasteiger partial charge is 0.351 e. The Hall–Kier alpha value is -3.22. The Labute approximate surface area is 197 Å². The van der Waals surface area contributed by atoms with Crippen molar-refractivity contribution >= 4 is 34.6 Å². The van der Waals surface area contributed by atoms with Gasteiger partial charge in [0.05, 0.1) is 17.8 Å². The molecule has 0 aliphatic carbocycles. The van der Waals surface area contributed by atoms with E-state index in [1.165, 1.54) is 5.56 Å². The lowest BCUT2D eigenvalue weighted by Gasteiger charge is -2.28. The van der Waals surface area contributed by atoms with Crippen molar-refractivity contribution in [1.29, 1.82) is 0 Å². The van der Waals surface area contributed by atoms with Crippen LogP contribution in [0.4, 0.5) is 5.69 Å². The molecular formula is C25H22ClN5S. The molecular weight excluding hydrogens is 438 g/mol. The topological polar surface area (TPSA) is 46.0 Å². The molecule has 2 atom stereocenters. The highest BCUT2D eigenvalue weighted by Crippen LogP contribution is 2.43. The van der Waals surface area contributed by atoms with E-state index in [2.05, 4.69) is 44.7 Å². The highest BCUT2D eigenvalue weighted by molar-refractivity contribution is 7.80. The number of hydrogen-bond donors (Lipinski definition) is 1. The third-order valence-electron chi connectivity index (χ3n) is 5.87. The van der Waals surface area contributed by atoms with Crippen molar-refractivity contribution in [2.45, 2.75) is 25.9 Å². The first-order valence-corrected chi connectivity index (χ1v) is 11.2. The Bertz CT molecular complexity index is 1260. The van der Waals surface area contributed by atoms with Crippen LogP contribution in [0.5, 0.6) is 0 Å². The van der Waals surface area contributed by atoms with Gasteiger partial charge < -0.3 is 14.8 Å². The predicted molar refractivity (Wildman–Crippen MR) is 132 cm³/mol. The number of aromatic nitrogens is 3. The molecule has 1 aliphatic heterocycles. The van der Waals surface area contributed by atoms with Crippen LogP contribution in [-0.4, -0.2) is 19.6 Å². The Morgan fingerprint density at radius 1 is 0.938 bits per heavy atom. The molecule has 7 heteroatoms. The highest BCUT2D eigenvalue weighted by atomic mass is 35.5. The number of hydrogen-bond acceptors (Lipinski definition) is 3. The number of benzene rings is 1. The summed E-state index contributed by atoms with van der Waals surface area (Å²) in [5.74, 6) is 0.898. The van der Waals surface area contributed by atoms with Gasteiger partial charge in [0.15, 0.2) is 5.11 Å². The molecule has 1 aliphatic rings. The van der Waals surface area contributed by atoms with Crippen LogP contribution in [0, 0.1) is 13.8 Å². The summed E-state index contributed by atoms with van der Waals surface area (Å²) >= 11 is 12.0. The van der Waals surface area contributed by atoms with Crippen molar-refractivity contribution in [3.63, 3.8) is 0 Å². The molecule has 160 valence electrons. The second-order valence-corrected chi connectivity index (χ2v) is 8.65. The molecule has 0 bridgehead atoms. The van der Waals surface area contributed by atoms with Gasteiger partial charge in [0.25, 0.3) is 0 Å². The SMILES string of the molecule is Cc1cc([C@@H]2[C@H](c3ccccn3)NC(=S)N2c2ccc(Cl)cc2)c(C)n1-c1ccccn1. The molecule has 4 heterocycles. The van der Waals surface area contributed by atoms with E-state index >= 15 is 0 Å². The van der Waals surface area contributed by atoms with Crippen LogP contribution in [0.3, 0.4) is 0 Å². The Balaban J connectivity index is 1.68. The first-order valence-electron chi connectivity index (χ1n) is 10.4. The summed E-state index contributed by atoms with van der Waals surface area (Å²) < 4.78 is 2.19. The maximum atomic E-state index is 6.16. The first-order chi connectivity index (χ1) is 15.5. The molecule has 4 aromatic rings. The van der Waals surface area contributed by atoms with Crippen LogP contribution in [0.25, 0.3) is 5.82 Å². The standard InChI is InChI=1S/C25H22ClN5S/c1-16-15-20(17(2)30(16)22-8-4-6-14-28-22)24-23(21-7-3-5-13-27-21)29-25(32)31(24)19-11-9-18(26)10-12-19/h3-15,23-24H,1-2H3,(H,29,32)/t23-,24+/m0/s1. The maximum Gasteiger partial charge on any atom is 0.174 e. The van der Waals surface area contributed by atoms with Gasteiger partial charge in [0.2, 0.25) is 0 Å². The molecule has 0 saturated carbocycles. The second kappa shape index (κ2) is 8.37. The molecule has 1 saturated heterocycles. The van der Waals surface area contributed by atoms with Crippen LogP contribution in [0.2, 0.25) is 5.02 Å². The molecule has 1 aromatic carbocycles. The monoisotopic (exact) mass is 459 g/mol. The lowest BCUT2D eigenvalue weighted by molar-refractivity contribution is 0.565. The van der Waals surface area contributed by atoms with E-state index in [1.807, 2.05) is 73.1 Å². The number of nitrogens with one attached hydrogen (secondary N) is 1. The van der Waals surface area contributed by atoms with Crippen LogP contribution in [0.1, 0.15) is 34.7 Å². The van der Waals surface area contributed by atoms with Crippen molar-refractivity contribution in [3.05, 3.63) is 107 Å². The van der Waals surface area contributed by atoms with Gasteiger partial charge in [-0.05, 0) is 86.2 Å². The predicted octanol–water partition coefficient (Wildman–Crippen LogP) is 5.71. The van der Waals surface area contributed by atoms with Gasteiger partial charge in [-0.25, -0.2) is 4.98 Å². The summed E-state index contributed by atoms with van der Waals surface area (Å²) in [5.41, 5.74) is 5.34. The van der Waals surface area contributed by atoms with Crippen LogP contribution < -0.4 is 10.2 Å². The van der Waals surface area contributed by atoms with Gasteiger partial charge in [0.1, 0.15) is 5.82 Å². The number of thiocarbonyl (C=S) groups is 1. The minimum absolute atomic E-state index is 0.0813. The number of aryl methyl sites for hydroxylation is 1. The molecule has 1 fully saturated rings. The quantitative estimate of drug-likeness (QED) is 0.396. The minimum Gasteiger partial charge on any atom is -0.351 e. The molecule has 0 amide bonds. The van der Waals surface area contributed by atoms with E-state index in [9.17, 15) is 0 Å². The summed E-state index contributed by atoms with van der Waals surface area (Å²) in [6.45, 7) is 4.24. The van der Waals surface area contributed by atoms with Gasteiger partial charge in [-0.1, -0.05) is 23.7 Å². The summed E-state index contributed by atoms with van der Waals surface area (Å²) in [5, 5.41) is 4.87. The summed E-state index contributed by atoms with van der Waals surface area (Å²) in [6.07, 6.45) is 3.64. The second-order valence-electron chi connectivity index (χ2n) is 7.82. The van der Waals surface area contributed by atoms with Crippen molar-refractivity contribution in [1.82, 2.24) is 19.9 Å². The van der Waals surface area contributed by atoms with E-state index in [0.29, 0.717) is 10.1 Å². The van der Waals surface area contributed by atoms with E-state index in [4.69, 9.17) is 23.8 Å². The average molecular weight is 460 g/mol. The summed E-state index contributed by atoms with van der Waals surface area (Å²) in [4.78, 5) is 11.4. The summed E-state index contributed by atoms with van der Waals surface area (Å²) in [6, 6.07) is 21.8. The van der Waals surface area contributed by atoms with E-state index in [1.54, 1.807) is 0 Å². The van der Waals surface area contributed by atoms with E-state index in [-0.39, 0.29) is 12.1 Å². The zero-order valence-electron chi connectivity index (χ0n) is 17.7. The van der Waals surface area contributed by atoms with E-state index < -0.39 is 0 Å². The van der Waals surface area contributed by atoms with Crippen molar-refractivity contribution in [3.8, 4) is 5.82 Å². The van der Waals surface area contributed by atoms with Crippen LogP contribution in [-0.2, 0) is 0 Å². The highest BCUT2D eigenvalue weighted by Gasteiger charge is 2.42. The van der Waals surface area contributed by atoms with Crippen molar-refractivity contribution < 1.29 is 0 Å². The number of anilines is 1. The lowest BCUT2D eigenvalue weighted by atomic mass is 9.96. The smallest absolute Gasteiger partial charge is 0.174 e. The fraction of sp³-hybridized carbons (Fsp3) is 0.160. The van der Waals surface area contributed by atoms with Gasteiger partial charge in [-0.3, -0.25) is 4.98 Å². The first kappa shape index (κ1) is 20.7. The number of nitrogens with zero attached hydrogens (tertiary/aromatic N) is 4. The van der Waals surface area contributed by atoms with Crippen molar-refractivity contribution in [2.24, 2.45) is 0 Å². The Morgan fingerprint density at radius 2 is 1.66 bits per heavy atom. The van der Waals surface area contributed by atoms with Crippen LogP contribution in [0.15, 0.2) is 79.1 Å². The molecule has 5 rings (SSSR count). The van der Waals surface area contributed by atoms with Gasteiger partial charge in [-0.2, -0.15) is 0 Å². The zero-order valence-corrected chi connectivity index (χ0v) is 19.3. The minimum atomic E-state index is -0.0999. The maximum absolute atomic E-state index is 6.16. The molecule has 0 unspecified atom stereocenters. The third kappa shape index (κ3) is 3.55. The van der Waals surface area contributed by atoms with Gasteiger partial charge >= 0.3 is 0 Å². The van der Waals surface area contributed by atoms with Crippen LogP contribution >= 0.6 is 23.8 Å². The average Bonchev–Trinajstić information content (AvgIpc) is 3.31. The number of rotatable bonds is 4. The van der Waals surface area contributed by atoms with Gasteiger partial charge in [-0.15, -0.1) is 0 Å². The number of pyridine rings is 2. The van der Waals surface area contributed by atoms with E-state index in [0.717, 1.165) is 28.6 Å². The number of halogens is 1. The Kier molecular flexibility index (Phi) is 5.41. The Morgan fingerprint density at radius 3 is 2.31 bits per heavy atom. The molecule has 3 aromatic heterocycles. The molecule has 1 N–H and O–H groups in total. The molecule has 32 heavy (non-hydrogen) atoms. The normalized spacial score (nSPS) is 18.1.